The molecule has 0 unspecified atom stereocenters. The zero-order chi connectivity index (χ0) is 19.2. The highest BCUT2D eigenvalue weighted by Crippen LogP contribution is 2.29. The highest BCUT2D eigenvalue weighted by molar-refractivity contribution is 7.13. The van der Waals surface area contributed by atoms with E-state index in [-0.39, 0.29) is 31.0 Å². The van der Waals surface area contributed by atoms with E-state index in [4.69, 9.17) is 4.74 Å². The standard InChI is InChI=1S/C20H22N2O4S/c1-13-9-10-17(27-13)20(25)21-11-19(24)26-12-18(23)22-16-8-4-6-14-5-2-3-7-15(14)16/h2-3,5,7,9-10,16H,4,6,8,11-12H2,1H3,(H,21,25)(H,22,23)/t16-/m1/s1. The number of nitrogens with one attached hydrogen (secondary N) is 2. The minimum Gasteiger partial charge on any atom is -0.454 e. The van der Waals surface area contributed by atoms with E-state index in [1.165, 1.54) is 16.9 Å². The van der Waals surface area contributed by atoms with Crippen molar-refractivity contribution in [1.82, 2.24) is 10.6 Å². The maximum Gasteiger partial charge on any atom is 0.325 e. The first-order valence-electron chi connectivity index (χ1n) is 8.90. The molecule has 1 aromatic heterocycles. The summed E-state index contributed by atoms with van der Waals surface area (Å²) in [6, 6.07) is 11.5. The molecule has 2 amide bonds. The van der Waals surface area contributed by atoms with Crippen LogP contribution >= 0.6 is 11.3 Å². The van der Waals surface area contributed by atoms with Crippen LogP contribution in [0, 0.1) is 6.92 Å². The molecule has 142 valence electrons. The van der Waals surface area contributed by atoms with Gasteiger partial charge in [0.15, 0.2) is 6.61 Å². The van der Waals surface area contributed by atoms with Crippen LogP contribution in [0.3, 0.4) is 0 Å². The first-order valence-corrected chi connectivity index (χ1v) is 9.72. The third kappa shape index (κ3) is 5.17. The molecule has 1 aliphatic carbocycles. The third-order valence-corrected chi connectivity index (χ3v) is 5.43. The van der Waals surface area contributed by atoms with Crippen LogP contribution in [0.15, 0.2) is 36.4 Å². The third-order valence-electron chi connectivity index (χ3n) is 4.43. The molecule has 1 aliphatic rings. The van der Waals surface area contributed by atoms with Gasteiger partial charge in [-0.1, -0.05) is 24.3 Å². The first kappa shape index (κ1) is 19.1. The molecule has 2 aromatic rings. The Hall–Kier alpha value is -2.67. The van der Waals surface area contributed by atoms with E-state index in [0.717, 1.165) is 29.7 Å². The number of rotatable bonds is 6. The van der Waals surface area contributed by atoms with Crippen molar-refractivity contribution in [1.29, 1.82) is 0 Å². The zero-order valence-electron chi connectivity index (χ0n) is 15.1. The number of benzene rings is 1. The van der Waals surface area contributed by atoms with Gasteiger partial charge in [-0.05, 0) is 49.4 Å². The van der Waals surface area contributed by atoms with Crippen molar-refractivity contribution in [2.45, 2.75) is 32.2 Å². The van der Waals surface area contributed by atoms with Crippen LogP contribution < -0.4 is 10.6 Å². The Morgan fingerprint density at radius 1 is 1.19 bits per heavy atom. The summed E-state index contributed by atoms with van der Waals surface area (Å²) in [5, 5.41) is 5.42. The lowest BCUT2D eigenvalue weighted by atomic mass is 9.88. The number of esters is 1. The molecule has 27 heavy (non-hydrogen) atoms. The molecule has 6 nitrogen and oxygen atoms in total. The van der Waals surface area contributed by atoms with Crippen LogP contribution in [-0.2, 0) is 20.7 Å². The normalized spacial score (nSPS) is 15.5. The van der Waals surface area contributed by atoms with Crippen molar-refractivity contribution in [3.05, 3.63) is 57.3 Å². The number of aryl methyl sites for hydroxylation is 2. The molecule has 0 saturated carbocycles. The maximum atomic E-state index is 12.1. The van der Waals surface area contributed by atoms with Crippen LogP contribution in [0.5, 0.6) is 0 Å². The van der Waals surface area contributed by atoms with E-state index < -0.39 is 5.97 Å². The molecule has 1 atom stereocenters. The smallest absolute Gasteiger partial charge is 0.325 e. The number of fused-ring (bicyclic) bond motifs is 1. The fourth-order valence-corrected chi connectivity index (χ4v) is 3.92. The second-order valence-corrected chi connectivity index (χ2v) is 7.75. The lowest BCUT2D eigenvalue weighted by Gasteiger charge is -2.26. The molecule has 1 aromatic carbocycles. The predicted molar refractivity (Wildman–Crippen MR) is 103 cm³/mol. The van der Waals surface area contributed by atoms with E-state index >= 15 is 0 Å². The lowest BCUT2D eigenvalue weighted by Crippen LogP contribution is -2.36. The Kier molecular flexibility index (Phi) is 6.24. The van der Waals surface area contributed by atoms with Crippen molar-refractivity contribution in [2.75, 3.05) is 13.2 Å². The van der Waals surface area contributed by atoms with Crippen molar-refractivity contribution in [3.63, 3.8) is 0 Å². The summed E-state index contributed by atoms with van der Waals surface area (Å²) in [5.74, 6) is -1.31. The Balaban J connectivity index is 1.41. The molecule has 3 rings (SSSR count). The van der Waals surface area contributed by atoms with Gasteiger partial charge < -0.3 is 15.4 Å². The molecule has 0 radical (unpaired) electrons. The highest BCUT2D eigenvalue weighted by atomic mass is 32.1. The molecule has 0 spiro atoms. The Morgan fingerprint density at radius 2 is 2.00 bits per heavy atom. The van der Waals surface area contributed by atoms with Gasteiger partial charge in [-0.15, -0.1) is 11.3 Å². The van der Waals surface area contributed by atoms with Crippen molar-refractivity contribution in [2.24, 2.45) is 0 Å². The van der Waals surface area contributed by atoms with Crippen LogP contribution in [0.4, 0.5) is 0 Å². The molecular weight excluding hydrogens is 364 g/mol. The van der Waals surface area contributed by atoms with Gasteiger partial charge in [0.2, 0.25) is 0 Å². The summed E-state index contributed by atoms with van der Waals surface area (Å²) in [6.07, 6.45) is 2.89. The van der Waals surface area contributed by atoms with E-state index in [1.54, 1.807) is 6.07 Å². The van der Waals surface area contributed by atoms with Crippen molar-refractivity contribution >= 4 is 29.1 Å². The number of amides is 2. The molecule has 0 fully saturated rings. The molecule has 0 aliphatic heterocycles. The molecule has 0 saturated heterocycles. The van der Waals surface area contributed by atoms with Gasteiger partial charge in [0.05, 0.1) is 10.9 Å². The van der Waals surface area contributed by atoms with Gasteiger partial charge in [0.1, 0.15) is 6.54 Å². The minimum atomic E-state index is -0.643. The summed E-state index contributed by atoms with van der Waals surface area (Å²) >= 11 is 1.35. The quantitative estimate of drug-likeness (QED) is 0.747. The summed E-state index contributed by atoms with van der Waals surface area (Å²) in [4.78, 5) is 37.3. The average Bonchev–Trinajstić information content (AvgIpc) is 3.11. The highest BCUT2D eigenvalue weighted by Gasteiger charge is 2.21. The van der Waals surface area contributed by atoms with Gasteiger partial charge >= 0.3 is 5.97 Å². The fourth-order valence-electron chi connectivity index (χ4n) is 3.13. The Bertz CT molecular complexity index is 846. The number of hydrogen-bond acceptors (Lipinski definition) is 5. The minimum absolute atomic E-state index is 0.0528. The van der Waals surface area contributed by atoms with Crippen LogP contribution in [0.2, 0.25) is 0 Å². The second kappa shape index (κ2) is 8.81. The van der Waals surface area contributed by atoms with Gasteiger partial charge in [0, 0.05) is 4.88 Å². The van der Waals surface area contributed by atoms with E-state index in [9.17, 15) is 14.4 Å². The summed E-state index contributed by atoms with van der Waals surface area (Å²) in [5.41, 5.74) is 2.37. The average molecular weight is 386 g/mol. The maximum absolute atomic E-state index is 12.1. The Labute approximate surface area is 161 Å². The largest absolute Gasteiger partial charge is 0.454 e. The summed E-state index contributed by atoms with van der Waals surface area (Å²) in [6.45, 7) is 1.28. The summed E-state index contributed by atoms with van der Waals surface area (Å²) < 4.78 is 4.96. The monoisotopic (exact) mass is 386 g/mol. The molecule has 7 heteroatoms. The van der Waals surface area contributed by atoms with Crippen molar-refractivity contribution in [3.8, 4) is 0 Å². The second-order valence-electron chi connectivity index (χ2n) is 6.46. The van der Waals surface area contributed by atoms with Crippen LogP contribution in [-0.4, -0.2) is 30.9 Å². The fraction of sp³-hybridized carbons (Fsp3) is 0.350. The number of ether oxygens (including phenoxy) is 1. The SMILES string of the molecule is Cc1ccc(C(=O)NCC(=O)OCC(=O)N[C@@H]2CCCc3ccccc32)s1. The van der Waals surface area contributed by atoms with E-state index in [1.807, 2.05) is 31.2 Å². The number of thiophene rings is 1. The molecule has 0 bridgehead atoms. The van der Waals surface area contributed by atoms with E-state index in [0.29, 0.717) is 4.88 Å². The first-order chi connectivity index (χ1) is 13.0. The molecule has 2 N–H and O–H groups in total. The zero-order valence-corrected chi connectivity index (χ0v) is 15.9. The van der Waals surface area contributed by atoms with Gasteiger partial charge in [-0.25, -0.2) is 0 Å². The number of hydrogen-bond donors (Lipinski definition) is 2. The van der Waals surface area contributed by atoms with Gasteiger partial charge in [-0.3, -0.25) is 14.4 Å². The van der Waals surface area contributed by atoms with Crippen LogP contribution in [0.1, 0.15) is 44.6 Å². The lowest BCUT2D eigenvalue weighted by molar-refractivity contribution is -0.147. The molecule has 1 heterocycles. The van der Waals surface area contributed by atoms with Gasteiger partial charge in [0.25, 0.3) is 11.8 Å². The van der Waals surface area contributed by atoms with Crippen LogP contribution in [0.25, 0.3) is 0 Å². The van der Waals surface area contributed by atoms with Gasteiger partial charge in [-0.2, -0.15) is 0 Å². The number of carbonyl (C=O) groups excluding carboxylic acids is 3. The van der Waals surface area contributed by atoms with E-state index in [2.05, 4.69) is 16.7 Å². The summed E-state index contributed by atoms with van der Waals surface area (Å²) in [7, 11) is 0. The topological polar surface area (TPSA) is 84.5 Å². The molecular formula is C20H22N2O4S. The van der Waals surface area contributed by atoms with Crippen molar-refractivity contribution < 1.29 is 19.1 Å². The number of carbonyl (C=O) groups is 3. The Morgan fingerprint density at radius 3 is 2.78 bits per heavy atom. The predicted octanol–water partition coefficient (Wildman–Crippen LogP) is 2.52.